The highest BCUT2D eigenvalue weighted by Crippen LogP contribution is 2.27. The molecule has 0 aliphatic heterocycles. The normalized spacial score (nSPS) is 11.3. The van der Waals surface area contributed by atoms with Gasteiger partial charge in [-0.15, -0.1) is 10.2 Å². The molecule has 0 aliphatic rings. The summed E-state index contributed by atoms with van der Waals surface area (Å²) in [6, 6.07) is 11.7. The summed E-state index contributed by atoms with van der Waals surface area (Å²) in [7, 11) is 0. The molecule has 0 spiro atoms. The molecule has 0 radical (unpaired) electrons. The van der Waals surface area contributed by atoms with Gasteiger partial charge in [-0.05, 0) is 49.7 Å². The van der Waals surface area contributed by atoms with Gasteiger partial charge >= 0.3 is 0 Å². The Bertz CT molecular complexity index is 1510. The molecule has 7 nitrogen and oxygen atoms in total. The van der Waals surface area contributed by atoms with Gasteiger partial charge in [0.05, 0.1) is 16.8 Å². The fourth-order valence-corrected chi connectivity index (χ4v) is 4.08. The Morgan fingerprint density at radius 1 is 0.971 bits per heavy atom. The Morgan fingerprint density at radius 2 is 1.82 bits per heavy atom. The number of nitrogens with one attached hydrogen (secondary N) is 1. The van der Waals surface area contributed by atoms with E-state index in [4.69, 9.17) is 4.42 Å². The van der Waals surface area contributed by atoms with Gasteiger partial charge in [0.1, 0.15) is 23.8 Å². The van der Waals surface area contributed by atoms with Gasteiger partial charge in [0.25, 0.3) is 5.89 Å². The largest absolute Gasteiger partial charge is 0.421 e. The van der Waals surface area contributed by atoms with Gasteiger partial charge in [-0.2, -0.15) is 0 Å². The van der Waals surface area contributed by atoms with Crippen molar-refractivity contribution >= 4 is 16.7 Å². The number of hydrogen-bond donors (Lipinski definition) is 1. The van der Waals surface area contributed by atoms with Crippen LogP contribution in [0.15, 0.2) is 53.2 Å². The van der Waals surface area contributed by atoms with Gasteiger partial charge in [-0.3, -0.25) is 0 Å². The molecule has 9 heteroatoms. The van der Waals surface area contributed by atoms with E-state index >= 15 is 0 Å². The maximum absolute atomic E-state index is 14.7. The monoisotopic (exact) mass is 460 g/mol. The van der Waals surface area contributed by atoms with Gasteiger partial charge in [0, 0.05) is 42.7 Å². The van der Waals surface area contributed by atoms with Crippen LogP contribution >= 0.6 is 0 Å². The van der Waals surface area contributed by atoms with Crippen LogP contribution in [0.3, 0.4) is 0 Å². The van der Waals surface area contributed by atoms with E-state index < -0.39 is 5.82 Å². The molecule has 0 atom stereocenters. The Morgan fingerprint density at radius 3 is 2.59 bits per heavy atom. The number of halogens is 2. The van der Waals surface area contributed by atoms with E-state index in [2.05, 4.69) is 36.1 Å². The smallest absolute Gasteiger partial charge is 0.250 e. The summed E-state index contributed by atoms with van der Waals surface area (Å²) >= 11 is 0. The molecule has 0 fully saturated rings. The van der Waals surface area contributed by atoms with E-state index in [9.17, 15) is 8.78 Å². The lowest BCUT2D eigenvalue weighted by atomic mass is 10.1. The SMILES string of the molecule is Cc1nnc(-c2ccc(-c3cc(NCCn4c(C)cc5c(C)cc(F)cc54)ncn3)cc2F)o1. The summed E-state index contributed by atoms with van der Waals surface area (Å²) in [5.74, 6) is 0.387. The fourth-order valence-electron chi connectivity index (χ4n) is 4.08. The first kappa shape index (κ1) is 21.7. The zero-order chi connectivity index (χ0) is 23.8. The lowest BCUT2D eigenvalue weighted by Gasteiger charge is -2.11. The second kappa shape index (κ2) is 8.66. The van der Waals surface area contributed by atoms with Crippen molar-refractivity contribution in [2.45, 2.75) is 27.3 Å². The summed E-state index contributed by atoms with van der Waals surface area (Å²) in [5.41, 5.74) is 4.25. The predicted molar refractivity (Wildman–Crippen MR) is 125 cm³/mol. The maximum Gasteiger partial charge on any atom is 0.250 e. The molecule has 0 aliphatic carbocycles. The first-order valence-corrected chi connectivity index (χ1v) is 10.8. The number of aryl methyl sites for hydroxylation is 3. The van der Waals surface area contributed by atoms with Crippen LogP contribution in [0.1, 0.15) is 17.1 Å². The van der Waals surface area contributed by atoms with Crippen LogP contribution in [0.4, 0.5) is 14.6 Å². The average molecular weight is 460 g/mol. The first-order valence-electron chi connectivity index (χ1n) is 10.8. The van der Waals surface area contributed by atoms with Crippen molar-refractivity contribution < 1.29 is 13.2 Å². The molecule has 1 N–H and O–H groups in total. The van der Waals surface area contributed by atoms with Crippen molar-refractivity contribution in [1.82, 2.24) is 24.7 Å². The lowest BCUT2D eigenvalue weighted by molar-refractivity contribution is 0.526. The van der Waals surface area contributed by atoms with Gasteiger partial charge < -0.3 is 14.3 Å². The Hall–Kier alpha value is -4.14. The summed E-state index contributed by atoms with van der Waals surface area (Å²) < 4.78 is 36.0. The minimum Gasteiger partial charge on any atom is -0.421 e. The number of aromatic nitrogens is 5. The highest BCUT2D eigenvalue weighted by Gasteiger charge is 2.14. The molecule has 0 amide bonds. The van der Waals surface area contributed by atoms with Crippen LogP contribution in [-0.2, 0) is 6.54 Å². The quantitative estimate of drug-likeness (QED) is 0.362. The van der Waals surface area contributed by atoms with Crippen LogP contribution in [0, 0.1) is 32.4 Å². The van der Waals surface area contributed by atoms with Crippen LogP contribution in [0.25, 0.3) is 33.6 Å². The fraction of sp³-hybridized carbons (Fsp3) is 0.200. The minimum absolute atomic E-state index is 0.134. The van der Waals surface area contributed by atoms with Gasteiger partial charge in [-0.1, -0.05) is 6.07 Å². The van der Waals surface area contributed by atoms with E-state index in [1.54, 1.807) is 37.3 Å². The van der Waals surface area contributed by atoms with E-state index in [0.717, 1.165) is 22.2 Å². The molecule has 5 rings (SSSR count). The highest BCUT2D eigenvalue weighted by molar-refractivity contribution is 5.84. The Kier molecular flexibility index (Phi) is 5.53. The van der Waals surface area contributed by atoms with Crippen molar-refractivity contribution in [3.8, 4) is 22.7 Å². The molecule has 2 aromatic carbocycles. The summed E-state index contributed by atoms with van der Waals surface area (Å²) in [5, 5.41) is 11.9. The van der Waals surface area contributed by atoms with Gasteiger partial charge in [-0.25, -0.2) is 18.7 Å². The summed E-state index contributed by atoms with van der Waals surface area (Å²) in [6.07, 6.45) is 1.43. The molecule has 3 heterocycles. The highest BCUT2D eigenvalue weighted by atomic mass is 19.1. The molecular formula is C25H22F2N6O. The first-order chi connectivity index (χ1) is 16.4. The molecule has 172 valence electrons. The number of benzene rings is 2. The van der Waals surface area contributed by atoms with E-state index in [1.807, 2.05) is 13.8 Å². The van der Waals surface area contributed by atoms with Gasteiger partial charge in [0.15, 0.2) is 0 Å². The van der Waals surface area contributed by atoms with E-state index in [1.165, 1.54) is 12.4 Å². The Labute approximate surface area is 194 Å². The Balaban J connectivity index is 1.32. The third-order valence-corrected chi connectivity index (χ3v) is 5.73. The molecule has 0 unspecified atom stereocenters. The number of anilines is 1. The maximum atomic E-state index is 14.7. The topological polar surface area (TPSA) is 81.7 Å². The molecule has 0 bridgehead atoms. The number of nitrogens with zero attached hydrogens (tertiary/aromatic N) is 5. The summed E-state index contributed by atoms with van der Waals surface area (Å²) in [4.78, 5) is 8.54. The van der Waals surface area contributed by atoms with Crippen LogP contribution in [0.5, 0.6) is 0 Å². The van der Waals surface area contributed by atoms with E-state index in [0.29, 0.717) is 36.1 Å². The molecular weight excluding hydrogens is 438 g/mol. The van der Waals surface area contributed by atoms with Crippen LogP contribution in [-0.4, -0.2) is 31.3 Å². The zero-order valence-corrected chi connectivity index (χ0v) is 18.9. The number of hydrogen-bond acceptors (Lipinski definition) is 6. The molecule has 3 aromatic heterocycles. The number of fused-ring (bicyclic) bond motifs is 1. The third-order valence-electron chi connectivity index (χ3n) is 5.73. The number of rotatable bonds is 6. The standard InChI is InChI=1S/C25H22F2N6O/c1-14-8-18(26)11-23-20(14)9-15(2)33(23)7-6-28-24-12-22(29-13-30-24)17-4-5-19(21(27)10-17)25-32-31-16(3)34-25/h4-5,8-13H,6-7H2,1-3H3,(H,28,29,30). The zero-order valence-electron chi connectivity index (χ0n) is 18.9. The average Bonchev–Trinajstić information content (AvgIpc) is 3.37. The minimum atomic E-state index is -0.480. The summed E-state index contributed by atoms with van der Waals surface area (Å²) in [6.45, 7) is 6.77. The molecule has 0 saturated carbocycles. The predicted octanol–water partition coefficient (Wildman–Crippen LogP) is 5.46. The second-order valence-corrected chi connectivity index (χ2v) is 8.13. The van der Waals surface area contributed by atoms with Crippen molar-refractivity contribution in [2.75, 3.05) is 11.9 Å². The van der Waals surface area contributed by atoms with E-state index in [-0.39, 0.29) is 17.3 Å². The van der Waals surface area contributed by atoms with Crippen molar-refractivity contribution in [3.63, 3.8) is 0 Å². The third kappa shape index (κ3) is 4.12. The van der Waals surface area contributed by atoms with Crippen molar-refractivity contribution in [1.29, 1.82) is 0 Å². The van der Waals surface area contributed by atoms with Crippen LogP contribution in [0.2, 0.25) is 0 Å². The second-order valence-electron chi connectivity index (χ2n) is 8.13. The molecule has 34 heavy (non-hydrogen) atoms. The van der Waals surface area contributed by atoms with Crippen molar-refractivity contribution in [3.05, 3.63) is 77.6 Å². The van der Waals surface area contributed by atoms with Gasteiger partial charge in [0.2, 0.25) is 5.89 Å². The van der Waals surface area contributed by atoms with Crippen LogP contribution < -0.4 is 5.32 Å². The van der Waals surface area contributed by atoms with Crippen molar-refractivity contribution in [2.24, 2.45) is 0 Å². The molecule has 5 aromatic rings. The lowest BCUT2D eigenvalue weighted by Crippen LogP contribution is -2.12. The molecule has 0 saturated heterocycles.